The van der Waals surface area contributed by atoms with Crippen LogP contribution < -0.4 is 5.32 Å². The van der Waals surface area contributed by atoms with Crippen molar-refractivity contribution < 1.29 is 33.6 Å². The predicted octanol–water partition coefficient (Wildman–Crippen LogP) is 3.80. The number of rotatable bonds is 11. The minimum Gasteiger partial charge on any atom is -0.445 e. The van der Waals surface area contributed by atoms with Gasteiger partial charge >= 0.3 is 12.2 Å². The van der Waals surface area contributed by atoms with E-state index in [1.54, 1.807) is 0 Å². The number of benzene rings is 2. The maximum atomic E-state index is 12.6. The average molecular weight is 535 g/mol. The first-order valence-electron chi connectivity index (χ1n) is 11.3. The van der Waals surface area contributed by atoms with Crippen LogP contribution in [0.1, 0.15) is 24.0 Å². The summed E-state index contributed by atoms with van der Waals surface area (Å²) in [5.41, 5.74) is 1.13. The molecule has 0 radical (unpaired) electrons. The Balaban J connectivity index is 1.35. The summed E-state index contributed by atoms with van der Waals surface area (Å²) in [6, 6.07) is 11.4. The maximum absolute atomic E-state index is 12.6. The lowest BCUT2D eigenvalue weighted by Crippen LogP contribution is -2.47. The van der Waals surface area contributed by atoms with E-state index in [1.165, 1.54) is 53.4 Å². The van der Waals surface area contributed by atoms with Gasteiger partial charge in [-0.15, -0.1) is 12.6 Å². The van der Waals surface area contributed by atoms with Crippen molar-refractivity contribution >= 4 is 36.2 Å². The van der Waals surface area contributed by atoms with Gasteiger partial charge in [-0.05, 0) is 48.2 Å². The molecule has 3 rings (SSSR count). The van der Waals surface area contributed by atoms with E-state index in [-0.39, 0.29) is 44.3 Å². The highest BCUT2D eigenvalue weighted by Gasteiger charge is 2.42. The molecule has 0 aromatic heterocycles. The molecule has 1 aliphatic heterocycles. The molecule has 1 fully saturated rings. The lowest BCUT2D eigenvalue weighted by Gasteiger charge is -2.33. The van der Waals surface area contributed by atoms with E-state index < -0.39 is 26.9 Å². The second-order valence-corrected chi connectivity index (χ2v) is 9.03. The Bertz CT molecular complexity index is 1110. The third-order valence-electron chi connectivity index (χ3n) is 5.56. The van der Waals surface area contributed by atoms with Gasteiger partial charge in [0.1, 0.15) is 18.1 Å². The number of nitro benzene ring substituents is 2. The number of hydrogen-bond acceptors (Lipinski definition) is 10. The van der Waals surface area contributed by atoms with Gasteiger partial charge in [0.05, 0.1) is 23.1 Å². The highest BCUT2D eigenvalue weighted by molar-refractivity contribution is 7.81. The number of ether oxygens (including phenoxy) is 3. The minimum atomic E-state index is -0.872. The second-order valence-electron chi connectivity index (χ2n) is 8.19. The van der Waals surface area contributed by atoms with Gasteiger partial charge in [-0.25, -0.2) is 9.59 Å². The fourth-order valence-corrected chi connectivity index (χ4v) is 4.02. The van der Waals surface area contributed by atoms with Gasteiger partial charge in [-0.3, -0.25) is 25.1 Å². The molecule has 1 aliphatic rings. The van der Waals surface area contributed by atoms with Crippen molar-refractivity contribution in [1.29, 1.82) is 0 Å². The van der Waals surface area contributed by atoms with E-state index in [4.69, 9.17) is 14.2 Å². The predicted molar refractivity (Wildman–Crippen MR) is 133 cm³/mol. The Kier molecular flexibility index (Phi) is 9.63. The maximum Gasteiger partial charge on any atom is 0.411 e. The normalized spacial score (nSPS) is 16.7. The molecular formula is C23H26N4O9S. The molecule has 13 nitrogen and oxygen atoms in total. The molecular weight excluding hydrogens is 508 g/mol. The fraction of sp³-hybridized carbons (Fsp3) is 0.391. The number of nitro groups is 2. The SMILES string of the molecule is O=C(NCCOCC1(S)CCCN1C(=O)OCc1ccc([N+](=O)[O-])cc1)OCc1ccc([N+](=O)[O-])cc1. The van der Waals surface area contributed by atoms with Crippen molar-refractivity contribution in [2.45, 2.75) is 30.9 Å². The molecule has 2 aromatic rings. The van der Waals surface area contributed by atoms with Gasteiger partial charge in [-0.2, -0.15) is 0 Å². The topological polar surface area (TPSA) is 163 Å². The quantitative estimate of drug-likeness (QED) is 0.189. The number of nitrogens with zero attached hydrogens (tertiary/aromatic N) is 3. The molecule has 198 valence electrons. The lowest BCUT2D eigenvalue weighted by atomic mass is 10.2. The summed E-state index contributed by atoms with van der Waals surface area (Å²) in [5.74, 6) is 0. The van der Waals surface area contributed by atoms with E-state index in [0.29, 0.717) is 30.5 Å². The first-order valence-corrected chi connectivity index (χ1v) is 11.7. The molecule has 1 heterocycles. The average Bonchev–Trinajstić information content (AvgIpc) is 3.27. The van der Waals surface area contributed by atoms with Crippen LogP contribution in [0, 0.1) is 20.2 Å². The molecule has 1 N–H and O–H groups in total. The molecule has 1 unspecified atom stereocenters. The van der Waals surface area contributed by atoms with Gasteiger partial charge in [0.2, 0.25) is 0 Å². The number of amides is 2. The molecule has 0 aliphatic carbocycles. The Morgan fingerprint density at radius 3 is 2.03 bits per heavy atom. The molecule has 1 saturated heterocycles. The summed E-state index contributed by atoms with van der Waals surface area (Å²) in [7, 11) is 0. The molecule has 0 saturated carbocycles. The van der Waals surface area contributed by atoms with E-state index in [1.807, 2.05) is 0 Å². The van der Waals surface area contributed by atoms with Crippen molar-refractivity contribution in [3.8, 4) is 0 Å². The van der Waals surface area contributed by atoms with Crippen LogP contribution in [-0.4, -0.2) is 58.1 Å². The molecule has 37 heavy (non-hydrogen) atoms. The third-order valence-corrected chi connectivity index (χ3v) is 6.15. The number of carbonyl (C=O) groups excluding carboxylic acids is 2. The lowest BCUT2D eigenvalue weighted by molar-refractivity contribution is -0.385. The largest absolute Gasteiger partial charge is 0.445 e. The van der Waals surface area contributed by atoms with Crippen molar-refractivity contribution in [3.63, 3.8) is 0 Å². The summed E-state index contributed by atoms with van der Waals surface area (Å²) in [6.07, 6.45) is 0.0717. The van der Waals surface area contributed by atoms with Crippen LogP contribution in [0.15, 0.2) is 48.5 Å². The van der Waals surface area contributed by atoms with Gasteiger partial charge in [0.15, 0.2) is 0 Å². The summed E-state index contributed by atoms with van der Waals surface area (Å²) in [4.78, 5) is 45.5. The molecule has 14 heteroatoms. The summed E-state index contributed by atoms with van der Waals surface area (Å²) in [6.45, 7) is 0.793. The van der Waals surface area contributed by atoms with E-state index >= 15 is 0 Å². The zero-order valence-electron chi connectivity index (χ0n) is 19.7. The third kappa shape index (κ3) is 8.05. The van der Waals surface area contributed by atoms with Crippen molar-refractivity contribution in [2.24, 2.45) is 0 Å². The van der Waals surface area contributed by atoms with Crippen LogP contribution >= 0.6 is 12.6 Å². The Hall–Kier alpha value is -3.91. The Morgan fingerprint density at radius 1 is 0.946 bits per heavy atom. The van der Waals surface area contributed by atoms with Crippen LogP contribution in [0.2, 0.25) is 0 Å². The van der Waals surface area contributed by atoms with Crippen LogP contribution in [0.4, 0.5) is 21.0 Å². The smallest absolute Gasteiger partial charge is 0.411 e. The van der Waals surface area contributed by atoms with Crippen LogP contribution in [-0.2, 0) is 27.4 Å². The van der Waals surface area contributed by atoms with Gasteiger partial charge in [0, 0.05) is 37.4 Å². The number of likely N-dealkylation sites (tertiary alicyclic amines) is 1. The number of thiol groups is 1. The highest BCUT2D eigenvalue weighted by atomic mass is 32.1. The number of nitrogens with one attached hydrogen (secondary N) is 1. The van der Waals surface area contributed by atoms with Crippen molar-refractivity contribution in [1.82, 2.24) is 10.2 Å². The Morgan fingerprint density at radius 2 is 1.49 bits per heavy atom. The van der Waals surface area contributed by atoms with Gasteiger partial charge in [0.25, 0.3) is 11.4 Å². The summed E-state index contributed by atoms with van der Waals surface area (Å²) >= 11 is 4.64. The minimum absolute atomic E-state index is 0.0378. The summed E-state index contributed by atoms with van der Waals surface area (Å²) < 4.78 is 16.0. The van der Waals surface area contributed by atoms with Crippen molar-refractivity contribution in [2.75, 3.05) is 26.3 Å². The number of alkyl carbamates (subject to hydrolysis) is 1. The molecule has 2 amide bonds. The van der Waals surface area contributed by atoms with E-state index in [9.17, 15) is 29.8 Å². The van der Waals surface area contributed by atoms with Crippen LogP contribution in [0.3, 0.4) is 0 Å². The second kappa shape index (κ2) is 12.9. The van der Waals surface area contributed by atoms with Gasteiger partial charge in [-0.1, -0.05) is 0 Å². The highest BCUT2D eigenvalue weighted by Crippen LogP contribution is 2.34. The Labute approximate surface area is 217 Å². The van der Waals surface area contributed by atoms with Gasteiger partial charge < -0.3 is 19.5 Å². The van der Waals surface area contributed by atoms with E-state index in [2.05, 4.69) is 17.9 Å². The standard InChI is InChI=1S/C23H26N4O9S/c28-21(35-14-17-2-6-19(7-3-17)26(30)31)24-11-13-34-16-23(37)10-1-12-25(23)22(29)36-15-18-4-8-20(9-5-18)27(32)33/h2-9,37H,1,10-16H2,(H,24,28). The molecule has 1 atom stereocenters. The first-order chi connectivity index (χ1) is 17.7. The monoisotopic (exact) mass is 534 g/mol. The molecule has 0 spiro atoms. The number of non-ortho nitro benzene ring substituents is 2. The molecule has 0 bridgehead atoms. The first kappa shape index (κ1) is 27.7. The molecule has 2 aromatic carbocycles. The zero-order valence-corrected chi connectivity index (χ0v) is 20.6. The van der Waals surface area contributed by atoms with E-state index in [0.717, 1.165) is 0 Å². The van der Waals surface area contributed by atoms with Crippen LogP contribution in [0.25, 0.3) is 0 Å². The number of carbonyl (C=O) groups is 2. The zero-order chi connectivity index (χ0) is 26.8. The van der Waals surface area contributed by atoms with Crippen molar-refractivity contribution in [3.05, 3.63) is 79.9 Å². The summed E-state index contributed by atoms with van der Waals surface area (Å²) in [5, 5.41) is 23.9. The number of hydrogen-bond donors (Lipinski definition) is 2. The fourth-order valence-electron chi connectivity index (χ4n) is 3.59. The van der Waals surface area contributed by atoms with Crippen LogP contribution in [0.5, 0.6) is 0 Å².